The number of benzene rings is 1. The number of hydrogen-bond donors (Lipinski definition) is 0. The van der Waals surface area contributed by atoms with Crippen LogP contribution < -0.4 is 4.74 Å². The van der Waals surface area contributed by atoms with Crippen molar-refractivity contribution in [3.05, 3.63) is 54.7 Å². The molecule has 0 unspecified atom stereocenters. The Morgan fingerprint density at radius 3 is 2.86 bits per heavy atom. The van der Waals surface area contributed by atoms with Crippen LogP contribution in [0.15, 0.2) is 58.5 Å². The fraction of sp³-hybridized carbons (Fsp3) is 0.250. The molecule has 1 aliphatic rings. The maximum absolute atomic E-state index is 5.43. The molecule has 9 heteroatoms. The van der Waals surface area contributed by atoms with E-state index in [4.69, 9.17) is 9.26 Å². The smallest absolute Gasteiger partial charge is 0.237 e. The molecule has 1 fully saturated rings. The molecule has 1 saturated carbocycles. The highest BCUT2D eigenvalue weighted by molar-refractivity contribution is 7.98. The van der Waals surface area contributed by atoms with E-state index in [9.17, 15) is 0 Å². The third kappa shape index (κ3) is 3.73. The van der Waals surface area contributed by atoms with Gasteiger partial charge in [-0.3, -0.25) is 9.55 Å². The lowest BCUT2D eigenvalue weighted by Crippen LogP contribution is -2.00. The molecule has 0 atom stereocenters. The van der Waals surface area contributed by atoms with Gasteiger partial charge >= 0.3 is 0 Å². The second kappa shape index (κ2) is 7.67. The molecular weight excluding hydrogens is 388 g/mol. The molecule has 146 valence electrons. The van der Waals surface area contributed by atoms with Gasteiger partial charge in [-0.1, -0.05) is 29.1 Å². The van der Waals surface area contributed by atoms with Crippen LogP contribution in [0.2, 0.25) is 0 Å². The first-order valence-electron chi connectivity index (χ1n) is 9.27. The highest BCUT2D eigenvalue weighted by atomic mass is 32.2. The Morgan fingerprint density at radius 2 is 2.07 bits per heavy atom. The third-order valence-corrected chi connectivity index (χ3v) is 5.54. The quantitative estimate of drug-likeness (QED) is 0.425. The predicted octanol–water partition coefficient (Wildman–Crippen LogP) is 4.03. The molecule has 0 aliphatic heterocycles. The molecule has 5 rings (SSSR count). The molecule has 0 bridgehead atoms. The maximum Gasteiger partial charge on any atom is 0.237 e. The van der Waals surface area contributed by atoms with Crippen LogP contribution in [-0.4, -0.2) is 37.0 Å². The van der Waals surface area contributed by atoms with E-state index in [0.29, 0.717) is 23.5 Å². The van der Waals surface area contributed by atoms with Crippen molar-refractivity contribution in [3.8, 4) is 28.5 Å². The number of pyridine rings is 1. The van der Waals surface area contributed by atoms with Crippen molar-refractivity contribution in [2.45, 2.75) is 29.8 Å². The zero-order valence-corrected chi connectivity index (χ0v) is 16.5. The van der Waals surface area contributed by atoms with Crippen molar-refractivity contribution in [1.82, 2.24) is 29.9 Å². The van der Waals surface area contributed by atoms with Crippen LogP contribution in [0.4, 0.5) is 0 Å². The highest BCUT2D eigenvalue weighted by Crippen LogP contribution is 2.41. The molecule has 0 N–H and O–H groups in total. The lowest BCUT2D eigenvalue weighted by Gasteiger charge is -2.07. The first-order valence-corrected chi connectivity index (χ1v) is 10.3. The van der Waals surface area contributed by atoms with E-state index in [1.807, 2.05) is 42.6 Å². The van der Waals surface area contributed by atoms with E-state index in [-0.39, 0.29) is 0 Å². The zero-order valence-electron chi connectivity index (χ0n) is 15.7. The number of rotatable bonds is 7. The average molecular weight is 406 g/mol. The molecule has 1 aromatic carbocycles. The number of hydrogen-bond acceptors (Lipinski definition) is 8. The van der Waals surface area contributed by atoms with Gasteiger partial charge in [0, 0.05) is 29.6 Å². The minimum atomic E-state index is 0.442. The van der Waals surface area contributed by atoms with Crippen LogP contribution >= 0.6 is 11.8 Å². The first kappa shape index (κ1) is 17.9. The second-order valence-electron chi connectivity index (χ2n) is 6.68. The summed E-state index contributed by atoms with van der Waals surface area (Å²) in [4.78, 5) is 8.70. The Morgan fingerprint density at radius 1 is 1.17 bits per heavy atom. The molecule has 0 spiro atoms. The second-order valence-corrected chi connectivity index (χ2v) is 7.62. The van der Waals surface area contributed by atoms with E-state index in [2.05, 4.69) is 29.9 Å². The average Bonchev–Trinajstić information content (AvgIpc) is 3.34. The Bertz CT molecular complexity index is 1120. The summed E-state index contributed by atoms with van der Waals surface area (Å²) in [7, 11) is 1.63. The number of methoxy groups -OCH3 is 1. The number of ether oxygens (including phenoxy) is 1. The van der Waals surface area contributed by atoms with Crippen LogP contribution in [0.5, 0.6) is 5.75 Å². The molecule has 8 nitrogen and oxygen atoms in total. The summed E-state index contributed by atoms with van der Waals surface area (Å²) in [6.07, 6.45) is 5.85. The van der Waals surface area contributed by atoms with E-state index >= 15 is 0 Å². The van der Waals surface area contributed by atoms with Gasteiger partial charge in [-0.15, -0.1) is 10.2 Å². The van der Waals surface area contributed by atoms with Crippen LogP contribution in [-0.2, 0) is 5.75 Å². The summed E-state index contributed by atoms with van der Waals surface area (Å²) in [5, 5.41) is 13.7. The van der Waals surface area contributed by atoms with Crippen LogP contribution in [0.25, 0.3) is 22.8 Å². The lowest BCUT2D eigenvalue weighted by atomic mass is 10.2. The Kier molecular flexibility index (Phi) is 4.73. The molecule has 0 saturated heterocycles. The topological polar surface area (TPSA) is 91.8 Å². The van der Waals surface area contributed by atoms with Gasteiger partial charge in [0.25, 0.3) is 0 Å². The van der Waals surface area contributed by atoms with Crippen molar-refractivity contribution in [2.24, 2.45) is 0 Å². The largest absolute Gasteiger partial charge is 0.497 e. The van der Waals surface area contributed by atoms with E-state index in [1.54, 1.807) is 25.1 Å². The van der Waals surface area contributed by atoms with E-state index < -0.39 is 0 Å². The lowest BCUT2D eigenvalue weighted by molar-refractivity contribution is 0.391. The normalized spacial score (nSPS) is 13.6. The molecule has 29 heavy (non-hydrogen) atoms. The van der Waals surface area contributed by atoms with Gasteiger partial charge in [0.05, 0.1) is 12.9 Å². The highest BCUT2D eigenvalue weighted by Gasteiger charge is 2.30. The summed E-state index contributed by atoms with van der Waals surface area (Å²) in [6, 6.07) is 11.9. The summed E-state index contributed by atoms with van der Waals surface area (Å²) < 4.78 is 12.9. The number of aromatic nitrogens is 6. The fourth-order valence-corrected chi connectivity index (χ4v) is 3.89. The molecular formula is C20H18N6O2S. The maximum atomic E-state index is 5.43. The summed E-state index contributed by atoms with van der Waals surface area (Å²) in [5.74, 6) is 3.21. The Balaban J connectivity index is 1.35. The van der Waals surface area contributed by atoms with Gasteiger partial charge in [-0.05, 0) is 37.1 Å². The zero-order chi connectivity index (χ0) is 19.6. The SMILES string of the molecule is COc1cccc(-c2noc(CSc3nnc(-c4cccnc4)n3C3CC3)n2)c1. The predicted molar refractivity (Wildman–Crippen MR) is 107 cm³/mol. The van der Waals surface area contributed by atoms with Crippen molar-refractivity contribution >= 4 is 11.8 Å². The minimum absolute atomic E-state index is 0.442. The molecule has 0 amide bonds. The monoisotopic (exact) mass is 406 g/mol. The van der Waals surface area contributed by atoms with Crippen molar-refractivity contribution in [3.63, 3.8) is 0 Å². The van der Waals surface area contributed by atoms with Crippen molar-refractivity contribution in [1.29, 1.82) is 0 Å². The van der Waals surface area contributed by atoms with Gasteiger partial charge < -0.3 is 9.26 Å². The van der Waals surface area contributed by atoms with E-state index in [0.717, 1.165) is 40.7 Å². The first-order chi connectivity index (χ1) is 14.3. The standard InChI is InChI=1S/C20H18N6O2S/c1-27-16-6-2-4-13(10-16)18-22-17(28-25-18)12-29-20-24-23-19(26(20)15-7-8-15)14-5-3-9-21-11-14/h2-6,9-11,15H,7-8,12H2,1H3. The number of thioether (sulfide) groups is 1. The van der Waals surface area contributed by atoms with E-state index in [1.165, 1.54) is 0 Å². The van der Waals surface area contributed by atoms with Gasteiger partial charge in [0.2, 0.25) is 11.7 Å². The van der Waals surface area contributed by atoms with Crippen molar-refractivity contribution < 1.29 is 9.26 Å². The van der Waals surface area contributed by atoms with Gasteiger partial charge in [0.1, 0.15) is 5.75 Å². The summed E-state index contributed by atoms with van der Waals surface area (Å²) in [6.45, 7) is 0. The molecule has 3 aromatic heterocycles. The van der Waals surface area contributed by atoms with Crippen molar-refractivity contribution in [2.75, 3.05) is 7.11 Å². The Hall–Kier alpha value is -3.20. The Labute approximate surface area is 171 Å². The summed E-state index contributed by atoms with van der Waals surface area (Å²) in [5.41, 5.74) is 1.82. The summed E-state index contributed by atoms with van der Waals surface area (Å²) >= 11 is 1.55. The van der Waals surface area contributed by atoms with Gasteiger partial charge in [-0.25, -0.2) is 0 Å². The fourth-order valence-electron chi connectivity index (χ4n) is 3.05. The van der Waals surface area contributed by atoms with Gasteiger partial charge in [0.15, 0.2) is 11.0 Å². The minimum Gasteiger partial charge on any atom is -0.497 e. The van der Waals surface area contributed by atoms with Crippen LogP contribution in [0.1, 0.15) is 24.8 Å². The van der Waals surface area contributed by atoms with Gasteiger partial charge in [-0.2, -0.15) is 4.98 Å². The number of nitrogens with zero attached hydrogens (tertiary/aromatic N) is 6. The molecule has 4 aromatic rings. The third-order valence-electron chi connectivity index (χ3n) is 4.62. The molecule has 1 aliphatic carbocycles. The molecule has 3 heterocycles. The van der Waals surface area contributed by atoms with Crippen LogP contribution in [0.3, 0.4) is 0 Å². The molecule has 0 radical (unpaired) electrons. The van der Waals surface area contributed by atoms with Crippen LogP contribution in [0, 0.1) is 0 Å².